The molecule has 0 atom stereocenters. The monoisotopic (exact) mass is 258 g/mol. The number of fused-ring (bicyclic) bond motifs is 1. The lowest BCUT2D eigenvalue weighted by molar-refractivity contribution is 0.852. The van der Waals surface area contributed by atoms with Crippen LogP contribution in [0.5, 0.6) is 0 Å². The molecule has 3 rings (SSSR count). The molecule has 18 heavy (non-hydrogen) atoms. The zero-order valence-corrected chi connectivity index (χ0v) is 10.8. The first-order valence-corrected chi connectivity index (χ1v) is 5.97. The van der Waals surface area contributed by atoms with Crippen LogP contribution in [0.15, 0.2) is 30.5 Å². The summed E-state index contributed by atoms with van der Waals surface area (Å²) in [5, 5.41) is 5.87. The summed E-state index contributed by atoms with van der Waals surface area (Å²) in [6.07, 6.45) is 1.83. The molecule has 0 radical (unpaired) electrons. The number of hydrogen-bond acceptors (Lipinski definition) is 3. The van der Waals surface area contributed by atoms with Gasteiger partial charge in [-0.05, 0) is 26.0 Å². The molecule has 0 saturated carbocycles. The van der Waals surface area contributed by atoms with Crippen LogP contribution in [0.3, 0.4) is 0 Å². The fourth-order valence-corrected chi connectivity index (χ4v) is 2.18. The van der Waals surface area contributed by atoms with E-state index < -0.39 is 0 Å². The van der Waals surface area contributed by atoms with Gasteiger partial charge in [0.05, 0.1) is 11.7 Å². The number of halogens is 1. The number of nitrogens with zero attached hydrogens (tertiary/aromatic N) is 4. The topological polar surface area (TPSA) is 43.6 Å². The molecule has 2 aromatic heterocycles. The second-order valence-electron chi connectivity index (χ2n) is 4.21. The van der Waals surface area contributed by atoms with E-state index in [0.29, 0.717) is 16.8 Å². The van der Waals surface area contributed by atoms with Gasteiger partial charge in [0.25, 0.3) is 0 Å². The van der Waals surface area contributed by atoms with Crippen LogP contribution in [-0.4, -0.2) is 19.7 Å². The van der Waals surface area contributed by atoms with Crippen molar-refractivity contribution in [3.63, 3.8) is 0 Å². The normalized spacial score (nSPS) is 11.1. The van der Waals surface area contributed by atoms with Crippen molar-refractivity contribution < 1.29 is 0 Å². The molecule has 90 valence electrons. The summed E-state index contributed by atoms with van der Waals surface area (Å²) in [6.45, 7) is 3.87. The first-order valence-electron chi connectivity index (χ1n) is 5.59. The van der Waals surface area contributed by atoms with Crippen molar-refractivity contribution in [1.29, 1.82) is 0 Å². The number of rotatable bonds is 1. The van der Waals surface area contributed by atoms with E-state index in [2.05, 4.69) is 34.1 Å². The Morgan fingerprint density at radius 1 is 1.11 bits per heavy atom. The van der Waals surface area contributed by atoms with Gasteiger partial charge in [0.15, 0.2) is 5.82 Å². The van der Waals surface area contributed by atoms with E-state index in [1.807, 2.05) is 19.2 Å². The summed E-state index contributed by atoms with van der Waals surface area (Å²) in [5.41, 5.74) is 2.22. The lowest BCUT2D eigenvalue weighted by Gasteiger charge is -2.04. The highest BCUT2D eigenvalue weighted by Crippen LogP contribution is 2.19. The first-order chi connectivity index (χ1) is 8.63. The number of hydrogen-bond donors (Lipinski definition) is 0. The predicted octanol–water partition coefficient (Wildman–Crippen LogP) is 3.09. The van der Waals surface area contributed by atoms with Crippen LogP contribution in [0.4, 0.5) is 0 Å². The molecular formula is C13H11ClN4. The lowest BCUT2D eigenvalue weighted by atomic mass is 10.2. The average Bonchev–Trinajstić information content (AvgIpc) is 2.70. The van der Waals surface area contributed by atoms with E-state index in [4.69, 9.17) is 11.6 Å². The van der Waals surface area contributed by atoms with Gasteiger partial charge in [-0.15, -0.1) is 0 Å². The smallest absolute Gasteiger partial charge is 0.159 e. The summed E-state index contributed by atoms with van der Waals surface area (Å²) in [7, 11) is 0. The predicted molar refractivity (Wildman–Crippen MR) is 71.1 cm³/mol. The molecule has 2 heterocycles. The van der Waals surface area contributed by atoms with Crippen molar-refractivity contribution in [2.75, 3.05) is 0 Å². The molecule has 0 fully saturated rings. The third-order valence-electron chi connectivity index (χ3n) is 2.73. The Morgan fingerprint density at radius 3 is 2.72 bits per heavy atom. The summed E-state index contributed by atoms with van der Waals surface area (Å²) < 4.78 is 1.77. The molecule has 0 spiro atoms. The maximum absolute atomic E-state index is 5.95. The van der Waals surface area contributed by atoms with Gasteiger partial charge in [-0.25, -0.2) is 14.6 Å². The maximum atomic E-state index is 5.95. The minimum Gasteiger partial charge on any atom is -0.221 e. The molecule has 0 N–H and O–H groups in total. The van der Waals surface area contributed by atoms with Gasteiger partial charge in [0.1, 0.15) is 11.0 Å². The molecule has 1 aromatic carbocycles. The minimum atomic E-state index is 0.424. The summed E-state index contributed by atoms with van der Waals surface area (Å²) >= 11 is 5.95. The van der Waals surface area contributed by atoms with Crippen molar-refractivity contribution in [1.82, 2.24) is 19.7 Å². The average molecular weight is 259 g/mol. The fraction of sp³-hybridized carbons (Fsp3) is 0.154. The molecule has 0 aliphatic heterocycles. The van der Waals surface area contributed by atoms with Crippen LogP contribution in [0.25, 0.3) is 16.7 Å². The van der Waals surface area contributed by atoms with E-state index in [1.165, 1.54) is 5.56 Å². The van der Waals surface area contributed by atoms with Crippen LogP contribution in [0.2, 0.25) is 5.15 Å². The lowest BCUT2D eigenvalue weighted by Crippen LogP contribution is -2.02. The van der Waals surface area contributed by atoms with Crippen LogP contribution >= 0.6 is 11.6 Å². The third kappa shape index (κ3) is 1.84. The highest BCUT2D eigenvalue weighted by atomic mass is 35.5. The van der Waals surface area contributed by atoms with E-state index in [1.54, 1.807) is 10.7 Å². The Balaban J connectivity index is 2.25. The molecule has 0 amide bonds. The van der Waals surface area contributed by atoms with Crippen molar-refractivity contribution in [2.24, 2.45) is 0 Å². The highest BCUT2D eigenvalue weighted by Gasteiger charge is 2.08. The van der Waals surface area contributed by atoms with Crippen LogP contribution in [-0.2, 0) is 0 Å². The van der Waals surface area contributed by atoms with Gasteiger partial charge in [-0.1, -0.05) is 23.2 Å². The largest absolute Gasteiger partial charge is 0.221 e. The second-order valence-corrected chi connectivity index (χ2v) is 4.60. The van der Waals surface area contributed by atoms with Crippen molar-refractivity contribution in [3.05, 3.63) is 47.0 Å². The van der Waals surface area contributed by atoms with Gasteiger partial charge in [0.2, 0.25) is 0 Å². The van der Waals surface area contributed by atoms with Gasteiger partial charge >= 0.3 is 0 Å². The minimum absolute atomic E-state index is 0.424. The van der Waals surface area contributed by atoms with E-state index >= 15 is 0 Å². The SMILES string of the molecule is Cc1ccc2c(cnn2-c2cc(Cl)nc(C)n2)c1. The summed E-state index contributed by atoms with van der Waals surface area (Å²) in [6, 6.07) is 7.88. The van der Waals surface area contributed by atoms with Gasteiger partial charge in [0, 0.05) is 11.5 Å². The number of aromatic nitrogens is 4. The van der Waals surface area contributed by atoms with Crippen molar-refractivity contribution in [3.8, 4) is 5.82 Å². The van der Waals surface area contributed by atoms with Gasteiger partial charge in [-0.3, -0.25) is 0 Å². The standard InChI is InChI=1S/C13H11ClN4/c1-8-3-4-11-10(5-8)7-15-18(11)13-6-12(14)16-9(2)17-13/h3-7H,1-2H3. The van der Waals surface area contributed by atoms with E-state index in [9.17, 15) is 0 Å². The molecule has 0 aliphatic carbocycles. The Bertz CT molecular complexity index is 713. The molecule has 0 unspecified atom stereocenters. The molecule has 0 saturated heterocycles. The van der Waals surface area contributed by atoms with Crippen LogP contribution in [0, 0.1) is 13.8 Å². The van der Waals surface area contributed by atoms with Crippen molar-refractivity contribution in [2.45, 2.75) is 13.8 Å². The summed E-state index contributed by atoms with van der Waals surface area (Å²) in [5.74, 6) is 1.32. The highest BCUT2D eigenvalue weighted by molar-refractivity contribution is 6.29. The second kappa shape index (κ2) is 4.07. The third-order valence-corrected chi connectivity index (χ3v) is 2.93. The van der Waals surface area contributed by atoms with Gasteiger partial charge < -0.3 is 0 Å². The fourth-order valence-electron chi connectivity index (χ4n) is 1.96. The molecular weight excluding hydrogens is 248 g/mol. The zero-order valence-electron chi connectivity index (χ0n) is 10.1. The van der Waals surface area contributed by atoms with E-state index in [0.717, 1.165) is 10.9 Å². The van der Waals surface area contributed by atoms with E-state index in [-0.39, 0.29) is 0 Å². The van der Waals surface area contributed by atoms with Gasteiger partial charge in [-0.2, -0.15) is 5.10 Å². The molecule has 0 bridgehead atoms. The number of benzene rings is 1. The summed E-state index contributed by atoms with van der Waals surface area (Å²) in [4.78, 5) is 8.41. The Labute approximate surface area is 109 Å². The van der Waals surface area contributed by atoms with Crippen molar-refractivity contribution >= 4 is 22.5 Å². The Kier molecular flexibility index (Phi) is 2.52. The quantitative estimate of drug-likeness (QED) is 0.630. The Morgan fingerprint density at radius 2 is 1.94 bits per heavy atom. The molecule has 5 heteroatoms. The molecule has 0 aliphatic rings. The Hall–Kier alpha value is -1.94. The first kappa shape index (κ1) is 11.2. The maximum Gasteiger partial charge on any atom is 0.159 e. The van der Waals surface area contributed by atoms with Crippen LogP contribution < -0.4 is 0 Å². The van der Waals surface area contributed by atoms with Crippen LogP contribution in [0.1, 0.15) is 11.4 Å². The molecule has 3 aromatic rings. The molecule has 4 nitrogen and oxygen atoms in total. The number of aryl methyl sites for hydroxylation is 2. The zero-order chi connectivity index (χ0) is 12.7.